The van der Waals surface area contributed by atoms with Crippen molar-refractivity contribution in [2.24, 2.45) is 0 Å². The smallest absolute Gasteiger partial charge is 0.226 e. The molecule has 2 aromatic carbocycles. The van der Waals surface area contributed by atoms with E-state index in [0.717, 1.165) is 44.6 Å². The summed E-state index contributed by atoms with van der Waals surface area (Å²) in [5.41, 5.74) is 7.09. The quantitative estimate of drug-likeness (QED) is 0.262. The molecule has 1 amide bonds. The molecule has 5 rings (SSSR count). The molecule has 4 aromatic rings. The largest absolute Gasteiger partial charge is 0.352 e. The highest BCUT2D eigenvalue weighted by atomic mass is 35.5. The fourth-order valence-electron chi connectivity index (χ4n) is 5.25. The van der Waals surface area contributed by atoms with Gasteiger partial charge in [0.1, 0.15) is 0 Å². The molecule has 1 aliphatic rings. The van der Waals surface area contributed by atoms with Gasteiger partial charge < -0.3 is 20.1 Å². The molecule has 8 heteroatoms. The highest BCUT2D eigenvalue weighted by molar-refractivity contribution is 7.80. The predicted molar refractivity (Wildman–Crippen MR) is 157 cm³/mol. The molecular weight excluding hydrogens is 514 g/mol. The summed E-state index contributed by atoms with van der Waals surface area (Å²) < 4.78 is 2.24. The molecule has 1 saturated heterocycles. The second-order valence-corrected chi connectivity index (χ2v) is 10.3. The van der Waals surface area contributed by atoms with Crippen molar-refractivity contribution in [3.8, 4) is 5.69 Å². The van der Waals surface area contributed by atoms with E-state index in [1.54, 1.807) is 6.20 Å². The first-order valence-electron chi connectivity index (χ1n) is 12.6. The molecule has 3 heterocycles. The van der Waals surface area contributed by atoms with Gasteiger partial charge in [0.25, 0.3) is 0 Å². The average molecular weight is 544 g/mol. The first-order valence-corrected chi connectivity index (χ1v) is 13.4. The molecule has 1 aliphatic heterocycles. The summed E-state index contributed by atoms with van der Waals surface area (Å²) >= 11 is 12.3. The van der Waals surface area contributed by atoms with Crippen LogP contribution in [0.1, 0.15) is 46.7 Å². The number of pyridine rings is 1. The third-order valence-corrected chi connectivity index (χ3v) is 7.87. The molecule has 0 aliphatic carbocycles. The summed E-state index contributed by atoms with van der Waals surface area (Å²) in [5, 5.41) is 7.82. The third-order valence-electron chi connectivity index (χ3n) is 7.10. The number of benzene rings is 2. The molecule has 0 bridgehead atoms. The second kappa shape index (κ2) is 11.0. The van der Waals surface area contributed by atoms with E-state index in [2.05, 4.69) is 51.1 Å². The van der Waals surface area contributed by atoms with Gasteiger partial charge in [-0.3, -0.25) is 9.78 Å². The number of aryl methyl sites for hydroxylation is 1. The fourth-order valence-corrected chi connectivity index (χ4v) is 5.75. The number of hydrogen-bond acceptors (Lipinski definition) is 3. The molecular formula is C30H30ClN5OS. The van der Waals surface area contributed by atoms with Crippen LogP contribution in [0.2, 0.25) is 5.02 Å². The van der Waals surface area contributed by atoms with Crippen molar-refractivity contribution in [2.75, 3.05) is 11.9 Å². The number of carbonyl (C=O) groups excluding carboxylic acids is 1. The van der Waals surface area contributed by atoms with E-state index in [1.807, 2.05) is 67.6 Å². The van der Waals surface area contributed by atoms with Crippen molar-refractivity contribution in [1.82, 2.24) is 19.8 Å². The van der Waals surface area contributed by atoms with Gasteiger partial charge in [0.2, 0.25) is 5.91 Å². The number of halogens is 1. The Hall–Kier alpha value is -3.68. The average Bonchev–Trinajstić information content (AvgIpc) is 3.40. The zero-order valence-electron chi connectivity index (χ0n) is 21.6. The van der Waals surface area contributed by atoms with Crippen LogP contribution >= 0.6 is 23.8 Å². The Morgan fingerprint density at radius 3 is 2.55 bits per heavy atom. The molecule has 6 nitrogen and oxygen atoms in total. The summed E-state index contributed by atoms with van der Waals surface area (Å²) in [6, 6.07) is 23.3. The van der Waals surface area contributed by atoms with Gasteiger partial charge >= 0.3 is 0 Å². The van der Waals surface area contributed by atoms with E-state index in [9.17, 15) is 4.79 Å². The Morgan fingerprint density at radius 2 is 1.82 bits per heavy atom. The highest BCUT2D eigenvalue weighted by Crippen LogP contribution is 2.42. The molecule has 194 valence electrons. The maximum atomic E-state index is 12.8. The zero-order valence-corrected chi connectivity index (χ0v) is 23.2. The first-order chi connectivity index (χ1) is 18.3. The summed E-state index contributed by atoms with van der Waals surface area (Å²) in [5.74, 6) is -0.0564. The van der Waals surface area contributed by atoms with Gasteiger partial charge in [-0.05, 0) is 86.6 Å². The van der Waals surface area contributed by atoms with Gasteiger partial charge in [-0.25, -0.2) is 0 Å². The number of aromatic nitrogens is 2. The van der Waals surface area contributed by atoms with Gasteiger partial charge in [0, 0.05) is 46.9 Å². The van der Waals surface area contributed by atoms with Crippen molar-refractivity contribution in [1.29, 1.82) is 0 Å². The standard InChI is InChI=1S/C30H30ClN5OS/c1-19-18-23(21(3)36(19)26-14-9-12-24(31)20(26)2)29-28(25-13-7-8-16-32-25)34-30(38)35(29)17-15-27(37)33-22-10-5-4-6-11-22/h4-14,16,18,28-29H,15,17H2,1-3H3,(H,33,37)(H,34,38)/t28-,29+/m0/s1. The molecule has 38 heavy (non-hydrogen) atoms. The van der Waals surface area contributed by atoms with Crippen LogP contribution in [0, 0.1) is 20.8 Å². The third kappa shape index (κ3) is 5.04. The van der Waals surface area contributed by atoms with E-state index in [4.69, 9.17) is 23.8 Å². The number of anilines is 1. The Labute approximate surface area is 233 Å². The van der Waals surface area contributed by atoms with Crippen LogP contribution in [0.4, 0.5) is 5.69 Å². The predicted octanol–water partition coefficient (Wildman–Crippen LogP) is 6.45. The van der Waals surface area contributed by atoms with Crippen LogP contribution in [0.25, 0.3) is 5.69 Å². The number of para-hydroxylation sites is 1. The molecule has 1 fully saturated rings. The van der Waals surface area contributed by atoms with Gasteiger partial charge in [0.05, 0.1) is 17.8 Å². The monoisotopic (exact) mass is 543 g/mol. The molecule has 0 spiro atoms. The van der Waals surface area contributed by atoms with Gasteiger partial charge in [-0.1, -0.05) is 41.9 Å². The Bertz CT molecular complexity index is 1470. The molecule has 0 unspecified atom stereocenters. The van der Waals surface area contributed by atoms with Crippen LogP contribution in [-0.4, -0.2) is 32.0 Å². The number of nitrogens with one attached hydrogen (secondary N) is 2. The molecule has 0 radical (unpaired) electrons. The van der Waals surface area contributed by atoms with Crippen molar-refractivity contribution < 1.29 is 4.79 Å². The van der Waals surface area contributed by atoms with Gasteiger partial charge in [0.15, 0.2) is 5.11 Å². The van der Waals surface area contributed by atoms with E-state index in [1.165, 1.54) is 0 Å². The topological polar surface area (TPSA) is 62.2 Å². The van der Waals surface area contributed by atoms with Crippen LogP contribution < -0.4 is 10.6 Å². The summed E-state index contributed by atoms with van der Waals surface area (Å²) in [6.45, 7) is 6.74. The maximum Gasteiger partial charge on any atom is 0.226 e. The van der Waals surface area contributed by atoms with Crippen LogP contribution in [0.15, 0.2) is 79.0 Å². The summed E-state index contributed by atoms with van der Waals surface area (Å²) in [6.07, 6.45) is 2.10. The van der Waals surface area contributed by atoms with Crippen LogP contribution in [0.5, 0.6) is 0 Å². The zero-order chi connectivity index (χ0) is 26.8. The Kier molecular flexibility index (Phi) is 7.49. The van der Waals surface area contributed by atoms with E-state index >= 15 is 0 Å². The highest BCUT2D eigenvalue weighted by Gasteiger charge is 2.41. The minimum atomic E-state index is -0.157. The van der Waals surface area contributed by atoms with Crippen molar-refractivity contribution in [2.45, 2.75) is 39.3 Å². The minimum absolute atomic E-state index is 0.0564. The Balaban J connectivity index is 1.50. The van der Waals surface area contributed by atoms with Crippen molar-refractivity contribution >= 4 is 40.5 Å². The lowest BCUT2D eigenvalue weighted by molar-refractivity contribution is -0.116. The lowest BCUT2D eigenvalue weighted by atomic mass is 9.96. The van der Waals surface area contributed by atoms with E-state index < -0.39 is 0 Å². The van der Waals surface area contributed by atoms with Gasteiger partial charge in [-0.2, -0.15) is 0 Å². The normalized spacial score (nSPS) is 16.9. The lowest BCUT2D eigenvalue weighted by Crippen LogP contribution is -2.32. The molecule has 2 aromatic heterocycles. The number of hydrogen-bond donors (Lipinski definition) is 2. The number of rotatable bonds is 7. The van der Waals surface area contributed by atoms with E-state index in [-0.39, 0.29) is 18.0 Å². The number of thiocarbonyl (C=S) groups is 1. The van der Waals surface area contributed by atoms with Crippen LogP contribution in [0.3, 0.4) is 0 Å². The van der Waals surface area contributed by atoms with E-state index in [0.29, 0.717) is 18.1 Å². The first kappa shape index (κ1) is 25.9. The summed E-state index contributed by atoms with van der Waals surface area (Å²) in [7, 11) is 0. The second-order valence-electron chi connectivity index (χ2n) is 9.53. The number of carbonyl (C=O) groups is 1. The van der Waals surface area contributed by atoms with Crippen LogP contribution in [-0.2, 0) is 4.79 Å². The van der Waals surface area contributed by atoms with Crippen molar-refractivity contribution in [3.63, 3.8) is 0 Å². The molecule has 2 N–H and O–H groups in total. The van der Waals surface area contributed by atoms with Gasteiger partial charge in [-0.15, -0.1) is 0 Å². The number of nitrogens with zero attached hydrogens (tertiary/aromatic N) is 3. The number of amides is 1. The SMILES string of the molecule is Cc1c(Cl)cccc1-n1c(C)cc([C@@H]2[C@H](c3ccccn3)NC(=S)N2CCC(=O)Nc2ccccc2)c1C. The maximum absolute atomic E-state index is 12.8. The Morgan fingerprint density at radius 1 is 1.05 bits per heavy atom. The fraction of sp³-hybridized carbons (Fsp3) is 0.233. The lowest BCUT2D eigenvalue weighted by Gasteiger charge is -2.28. The summed E-state index contributed by atoms with van der Waals surface area (Å²) in [4.78, 5) is 19.6. The minimum Gasteiger partial charge on any atom is -0.352 e. The molecule has 0 saturated carbocycles. The van der Waals surface area contributed by atoms with Crippen molar-refractivity contribution in [3.05, 3.63) is 112 Å². The molecule has 2 atom stereocenters.